The lowest BCUT2D eigenvalue weighted by Gasteiger charge is -2.10. The summed E-state index contributed by atoms with van der Waals surface area (Å²) in [5.74, 6) is -0.349. The summed E-state index contributed by atoms with van der Waals surface area (Å²) >= 11 is 0. The van der Waals surface area contributed by atoms with Gasteiger partial charge in [-0.1, -0.05) is 54.6 Å². The van der Waals surface area contributed by atoms with Gasteiger partial charge in [-0.05, 0) is 65.1 Å². The highest BCUT2D eigenvalue weighted by Crippen LogP contribution is 2.26. The van der Waals surface area contributed by atoms with Crippen LogP contribution in [0.4, 0.5) is 0 Å². The van der Waals surface area contributed by atoms with Crippen molar-refractivity contribution in [3.63, 3.8) is 0 Å². The molecule has 0 saturated heterocycles. The molecule has 1 amide bonds. The summed E-state index contributed by atoms with van der Waals surface area (Å²) in [7, 11) is -3.41. The SMILES string of the molecule is Cc1ccc(C(=O)NCc2cc(-c3cccc(-c4ccccc4)c3)ccn2)cc1S(C)(=O)=O. The molecule has 0 saturated carbocycles. The summed E-state index contributed by atoms with van der Waals surface area (Å²) in [5, 5.41) is 2.83. The van der Waals surface area contributed by atoms with E-state index in [1.807, 2.05) is 42.5 Å². The zero-order valence-corrected chi connectivity index (χ0v) is 19.3. The van der Waals surface area contributed by atoms with Crippen molar-refractivity contribution in [2.24, 2.45) is 0 Å². The predicted octanol–water partition coefficient (Wildman–Crippen LogP) is 5.06. The fraction of sp³-hybridized carbons (Fsp3) is 0.111. The van der Waals surface area contributed by atoms with Gasteiger partial charge >= 0.3 is 0 Å². The molecule has 0 radical (unpaired) electrons. The van der Waals surface area contributed by atoms with Crippen LogP contribution in [-0.2, 0) is 16.4 Å². The minimum absolute atomic E-state index is 0.161. The minimum atomic E-state index is -3.41. The number of aryl methyl sites for hydroxylation is 1. The number of carbonyl (C=O) groups is 1. The number of amides is 1. The molecule has 0 bridgehead atoms. The van der Waals surface area contributed by atoms with Gasteiger partial charge in [-0.3, -0.25) is 9.78 Å². The molecule has 0 spiro atoms. The van der Waals surface area contributed by atoms with Gasteiger partial charge in [0.25, 0.3) is 5.91 Å². The molecule has 0 fully saturated rings. The topological polar surface area (TPSA) is 76.1 Å². The Kier molecular flexibility index (Phi) is 6.38. The fourth-order valence-electron chi connectivity index (χ4n) is 3.68. The predicted molar refractivity (Wildman–Crippen MR) is 131 cm³/mol. The van der Waals surface area contributed by atoms with Gasteiger partial charge in [0, 0.05) is 18.0 Å². The van der Waals surface area contributed by atoms with Crippen molar-refractivity contribution in [1.29, 1.82) is 0 Å². The number of nitrogens with zero attached hydrogens (tertiary/aromatic N) is 1. The molecule has 1 heterocycles. The second-order valence-electron chi connectivity index (χ2n) is 7.92. The summed E-state index contributed by atoms with van der Waals surface area (Å²) in [5.41, 5.74) is 5.95. The lowest BCUT2D eigenvalue weighted by molar-refractivity contribution is 0.0950. The van der Waals surface area contributed by atoms with Crippen LogP contribution in [0.2, 0.25) is 0 Å². The largest absolute Gasteiger partial charge is 0.346 e. The lowest BCUT2D eigenvalue weighted by Crippen LogP contribution is -2.23. The molecule has 0 aliphatic heterocycles. The van der Waals surface area contributed by atoms with Gasteiger partial charge in [0.2, 0.25) is 0 Å². The van der Waals surface area contributed by atoms with Crippen LogP contribution in [0, 0.1) is 6.92 Å². The lowest BCUT2D eigenvalue weighted by atomic mass is 9.99. The Labute approximate surface area is 194 Å². The van der Waals surface area contributed by atoms with Crippen LogP contribution in [0.25, 0.3) is 22.3 Å². The molecule has 4 aromatic rings. The zero-order valence-electron chi connectivity index (χ0n) is 18.4. The van der Waals surface area contributed by atoms with Gasteiger partial charge in [-0.2, -0.15) is 0 Å². The van der Waals surface area contributed by atoms with Crippen LogP contribution in [0.5, 0.6) is 0 Å². The highest BCUT2D eigenvalue weighted by atomic mass is 32.2. The second kappa shape index (κ2) is 9.38. The molecule has 166 valence electrons. The van der Waals surface area contributed by atoms with Crippen LogP contribution in [-0.4, -0.2) is 25.6 Å². The van der Waals surface area contributed by atoms with Crippen LogP contribution >= 0.6 is 0 Å². The van der Waals surface area contributed by atoms with E-state index in [1.54, 1.807) is 25.3 Å². The van der Waals surface area contributed by atoms with E-state index in [-0.39, 0.29) is 17.3 Å². The number of hydrogen-bond donors (Lipinski definition) is 1. The molecular formula is C27H24N2O3S. The molecule has 0 aliphatic carbocycles. The van der Waals surface area contributed by atoms with E-state index in [2.05, 4.69) is 34.6 Å². The first-order valence-corrected chi connectivity index (χ1v) is 12.4. The average molecular weight is 457 g/mol. The highest BCUT2D eigenvalue weighted by molar-refractivity contribution is 7.90. The highest BCUT2D eigenvalue weighted by Gasteiger charge is 2.15. The average Bonchev–Trinajstić information content (AvgIpc) is 2.83. The third-order valence-electron chi connectivity index (χ3n) is 5.40. The molecule has 3 aromatic carbocycles. The first kappa shape index (κ1) is 22.4. The molecule has 0 aliphatic rings. The number of nitrogens with one attached hydrogen (secondary N) is 1. The van der Waals surface area contributed by atoms with Gasteiger partial charge in [0.15, 0.2) is 9.84 Å². The van der Waals surface area contributed by atoms with Crippen LogP contribution < -0.4 is 5.32 Å². The Morgan fingerprint density at radius 1 is 0.818 bits per heavy atom. The molecular weight excluding hydrogens is 432 g/mol. The third kappa shape index (κ3) is 5.35. The normalized spacial score (nSPS) is 11.2. The quantitative estimate of drug-likeness (QED) is 0.440. The monoisotopic (exact) mass is 456 g/mol. The van der Waals surface area contributed by atoms with E-state index in [4.69, 9.17) is 0 Å². The van der Waals surface area contributed by atoms with E-state index in [9.17, 15) is 13.2 Å². The van der Waals surface area contributed by atoms with E-state index in [1.165, 1.54) is 6.07 Å². The minimum Gasteiger partial charge on any atom is -0.346 e. The Balaban J connectivity index is 1.51. The Morgan fingerprint density at radius 2 is 1.48 bits per heavy atom. The molecule has 1 aromatic heterocycles. The summed E-state index contributed by atoms with van der Waals surface area (Å²) in [6.45, 7) is 1.94. The molecule has 5 nitrogen and oxygen atoms in total. The molecule has 33 heavy (non-hydrogen) atoms. The standard InChI is InChI=1S/C27H24N2O3S/c1-19-11-12-24(17-26(19)33(2,31)32)27(30)29-18-25-16-23(13-14-28-25)22-10-6-9-21(15-22)20-7-4-3-5-8-20/h3-17H,18H2,1-2H3,(H,29,30). The summed E-state index contributed by atoms with van der Waals surface area (Å²) in [4.78, 5) is 17.2. The van der Waals surface area contributed by atoms with Crippen LogP contribution in [0.1, 0.15) is 21.6 Å². The summed E-state index contributed by atoms with van der Waals surface area (Å²) < 4.78 is 23.9. The first-order chi connectivity index (χ1) is 15.8. The molecule has 0 unspecified atom stereocenters. The number of benzene rings is 3. The van der Waals surface area contributed by atoms with Crippen molar-refractivity contribution in [1.82, 2.24) is 10.3 Å². The van der Waals surface area contributed by atoms with Crippen LogP contribution in [0.3, 0.4) is 0 Å². The first-order valence-electron chi connectivity index (χ1n) is 10.5. The van der Waals surface area contributed by atoms with Crippen molar-refractivity contribution < 1.29 is 13.2 Å². The number of hydrogen-bond acceptors (Lipinski definition) is 4. The summed E-state index contributed by atoms with van der Waals surface area (Å²) in [6, 6.07) is 27.0. The molecule has 1 N–H and O–H groups in total. The van der Waals surface area contributed by atoms with Gasteiger partial charge < -0.3 is 5.32 Å². The smallest absolute Gasteiger partial charge is 0.251 e. The Morgan fingerprint density at radius 3 is 2.21 bits per heavy atom. The number of sulfone groups is 1. The number of rotatable bonds is 6. The van der Waals surface area contributed by atoms with Crippen molar-refractivity contribution in [3.8, 4) is 22.3 Å². The van der Waals surface area contributed by atoms with Crippen LogP contribution in [0.15, 0.2) is 96.0 Å². The zero-order chi connectivity index (χ0) is 23.4. The third-order valence-corrected chi connectivity index (χ3v) is 6.64. The van der Waals surface area contributed by atoms with E-state index in [0.717, 1.165) is 28.5 Å². The van der Waals surface area contributed by atoms with Gasteiger partial charge in [-0.15, -0.1) is 0 Å². The summed E-state index contributed by atoms with van der Waals surface area (Å²) in [6.07, 6.45) is 2.86. The van der Waals surface area contributed by atoms with Gasteiger partial charge in [0.05, 0.1) is 17.1 Å². The van der Waals surface area contributed by atoms with E-state index in [0.29, 0.717) is 16.8 Å². The molecule has 4 rings (SSSR count). The number of pyridine rings is 1. The number of carbonyl (C=O) groups excluding carboxylic acids is 1. The van der Waals surface area contributed by atoms with Gasteiger partial charge in [-0.25, -0.2) is 8.42 Å². The maximum absolute atomic E-state index is 12.6. The number of aromatic nitrogens is 1. The second-order valence-corrected chi connectivity index (χ2v) is 9.90. The van der Waals surface area contributed by atoms with Gasteiger partial charge in [0.1, 0.15) is 0 Å². The fourth-order valence-corrected chi connectivity index (χ4v) is 4.67. The Hall–Kier alpha value is -3.77. The molecule has 0 atom stereocenters. The maximum Gasteiger partial charge on any atom is 0.251 e. The van der Waals surface area contributed by atoms with E-state index < -0.39 is 9.84 Å². The van der Waals surface area contributed by atoms with Crippen molar-refractivity contribution in [2.45, 2.75) is 18.4 Å². The van der Waals surface area contributed by atoms with Crippen molar-refractivity contribution >= 4 is 15.7 Å². The molecule has 6 heteroatoms. The van der Waals surface area contributed by atoms with Crippen molar-refractivity contribution in [2.75, 3.05) is 6.26 Å². The van der Waals surface area contributed by atoms with E-state index >= 15 is 0 Å². The Bertz CT molecular complexity index is 1410. The maximum atomic E-state index is 12.6. The van der Waals surface area contributed by atoms with Crippen molar-refractivity contribution in [3.05, 3.63) is 108 Å².